The van der Waals surface area contributed by atoms with E-state index in [0.717, 1.165) is 32.7 Å². The van der Waals surface area contributed by atoms with Crippen LogP contribution in [0.2, 0.25) is 0 Å². The molecular weight excluding hydrogens is 202 g/mol. The predicted molar refractivity (Wildman–Crippen MR) is 64.2 cm³/mol. The van der Waals surface area contributed by atoms with Crippen LogP contribution in [0.3, 0.4) is 0 Å². The van der Waals surface area contributed by atoms with E-state index < -0.39 is 0 Å². The summed E-state index contributed by atoms with van der Waals surface area (Å²) in [5.41, 5.74) is 0. The number of nitrogens with zero attached hydrogens (tertiary/aromatic N) is 3. The van der Waals surface area contributed by atoms with Crippen molar-refractivity contribution in [3.8, 4) is 0 Å². The average Bonchev–Trinajstić information content (AvgIpc) is 2.21. The molecule has 0 N–H and O–H groups in total. The predicted octanol–water partition coefficient (Wildman–Crippen LogP) is 0.0191. The van der Waals surface area contributed by atoms with E-state index in [1.807, 2.05) is 4.90 Å². The standard InChI is InChI=1S/C12H21N3O/c1-4-12(16)15-8-11(9-15)14-6-5-13(3)10(2)7-14/h4,10-11H,1,5-9H2,2-3H3/t10-/m1/s1. The maximum atomic E-state index is 11.3. The second-order valence-electron chi connectivity index (χ2n) is 4.93. The van der Waals surface area contributed by atoms with Crippen molar-refractivity contribution in [2.45, 2.75) is 19.0 Å². The van der Waals surface area contributed by atoms with E-state index >= 15 is 0 Å². The van der Waals surface area contributed by atoms with E-state index in [2.05, 4.69) is 30.4 Å². The molecule has 4 nitrogen and oxygen atoms in total. The SMILES string of the molecule is C=CC(=O)N1CC(N2CCN(C)[C@H](C)C2)C1. The molecule has 2 rings (SSSR count). The van der Waals surface area contributed by atoms with Gasteiger partial charge in [-0.25, -0.2) is 0 Å². The summed E-state index contributed by atoms with van der Waals surface area (Å²) < 4.78 is 0. The number of carbonyl (C=O) groups is 1. The van der Waals surface area contributed by atoms with Gasteiger partial charge in [0.1, 0.15) is 0 Å². The molecule has 1 atom stereocenters. The molecule has 0 radical (unpaired) electrons. The van der Waals surface area contributed by atoms with Gasteiger partial charge in [0.05, 0.1) is 0 Å². The lowest BCUT2D eigenvalue weighted by molar-refractivity contribution is -0.134. The monoisotopic (exact) mass is 223 g/mol. The highest BCUT2D eigenvalue weighted by Crippen LogP contribution is 2.18. The molecule has 0 spiro atoms. The normalized spacial score (nSPS) is 28.9. The Morgan fingerprint density at radius 1 is 1.31 bits per heavy atom. The van der Waals surface area contributed by atoms with Crippen molar-refractivity contribution in [3.63, 3.8) is 0 Å². The molecule has 4 heteroatoms. The Hall–Kier alpha value is -0.870. The van der Waals surface area contributed by atoms with E-state index in [0.29, 0.717) is 12.1 Å². The maximum Gasteiger partial charge on any atom is 0.246 e. The Balaban J connectivity index is 1.80. The Bertz CT molecular complexity index is 286. The molecule has 2 heterocycles. The van der Waals surface area contributed by atoms with Crippen LogP contribution in [-0.4, -0.2) is 72.5 Å². The number of carbonyl (C=O) groups excluding carboxylic acids is 1. The lowest BCUT2D eigenvalue weighted by atomic mass is 10.0. The number of piperazine rings is 1. The first-order valence-corrected chi connectivity index (χ1v) is 5.97. The molecule has 0 unspecified atom stereocenters. The molecule has 1 amide bonds. The molecule has 0 aromatic heterocycles. The average molecular weight is 223 g/mol. The van der Waals surface area contributed by atoms with E-state index in [9.17, 15) is 4.79 Å². The number of hydrogen-bond donors (Lipinski definition) is 0. The van der Waals surface area contributed by atoms with Crippen molar-refractivity contribution in [2.24, 2.45) is 0 Å². The summed E-state index contributed by atoms with van der Waals surface area (Å²) in [6.07, 6.45) is 1.41. The van der Waals surface area contributed by atoms with Gasteiger partial charge in [-0.3, -0.25) is 9.69 Å². The number of likely N-dealkylation sites (N-methyl/N-ethyl adjacent to an activating group) is 1. The molecule has 2 saturated heterocycles. The van der Waals surface area contributed by atoms with Crippen LogP contribution in [0.1, 0.15) is 6.92 Å². The van der Waals surface area contributed by atoms with Crippen molar-refractivity contribution in [2.75, 3.05) is 39.8 Å². The molecular formula is C12H21N3O. The largest absolute Gasteiger partial charge is 0.336 e. The Morgan fingerprint density at radius 2 is 2.00 bits per heavy atom. The van der Waals surface area contributed by atoms with Gasteiger partial charge in [0.25, 0.3) is 0 Å². The summed E-state index contributed by atoms with van der Waals surface area (Å²) in [4.78, 5) is 18.1. The third-order valence-electron chi connectivity index (χ3n) is 3.86. The van der Waals surface area contributed by atoms with Crippen molar-refractivity contribution in [3.05, 3.63) is 12.7 Å². The molecule has 2 aliphatic heterocycles. The summed E-state index contributed by atoms with van der Waals surface area (Å²) in [6, 6.07) is 1.19. The van der Waals surface area contributed by atoms with Gasteiger partial charge in [0.2, 0.25) is 5.91 Å². The molecule has 2 aliphatic rings. The van der Waals surface area contributed by atoms with Gasteiger partial charge in [-0.1, -0.05) is 6.58 Å². The molecule has 0 aromatic carbocycles. The molecule has 0 saturated carbocycles. The summed E-state index contributed by atoms with van der Waals surface area (Å²) in [5.74, 6) is 0.0680. The van der Waals surface area contributed by atoms with Gasteiger partial charge >= 0.3 is 0 Å². The zero-order chi connectivity index (χ0) is 11.7. The lowest BCUT2D eigenvalue weighted by Crippen LogP contribution is -2.65. The minimum atomic E-state index is 0.0680. The molecule has 0 aromatic rings. The fraction of sp³-hybridized carbons (Fsp3) is 0.750. The first-order chi connectivity index (χ1) is 7.61. The van der Waals surface area contributed by atoms with Crippen LogP contribution in [0.25, 0.3) is 0 Å². The van der Waals surface area contributed by atoms with Gasteiger partial charge < -0.3 is 9.80 Å². The Kier molecular flexibility index (Phi) is 3.30. The van der Waals surface area contributed by atoms with Crippen LogP contribution in [-0.2, 0) is 4.79 Å². The van der Waals surface area contributed by atoms with E-state index in [1.165, 1.54) is 6.08 Å². The van der Waals surface area contributed by atoms with Crippen LogP contribution in [0.5, 0.6) is 0 Å². The summed E-state index contributed by atoms with van der Waals surface area (Å²) in [6.45, 7) is 10.9. The highest BCUT2D eigenvalue weighted by molar-refractivity contribution is 5.87. The van der Waals surface area contributed by atoms with Crippen LogP contribution < -0.4 is 0 Å². The topological polar surface area (TPSA) is 26.8 Å². The quantitative estimate of drug-likeness (QED) is 0.618. The van der Waals surface area contributed by atoms with Crippen LogP contribution in [0.4, 0.5) is 0 Å². The first kappa shape index (κ1) is 11.6. The first-order valence-electron chi connectivity index (χ1n) is 5.97. The molecule has 0 aliphatic carbocycles. The smallest absolute Gasteiger partial charge is 0.246 e. The van der Waals surface area contributed by atoms with E-state index in [-0.39, 0.29) is 5.91 Å². The fourth-order valence-electron chi connectivity index (χ4n) is 2.40. The number of amides is 1. The summed E-state index contributed by atoms with van der Waals surface area (Å²) >= 11 is 0. The molecule has 0 bridgehead atoms. The maximum absolute atomic E-state index is 11.3. The van der Waals surface area contributed by atoms with E-state index in [4.69, 9.17) is 0 Å². The lowest BCUT2D eigenvalue weighted by Gasteiger charge is -2.49. The Morgan fingerprint density at radius 3 is 2.56 bits per heavy atom. The van der Waals surface area contributed by atoms with Crippen molar-refractivity contribution in [1.29, 1.82) is 0 Å². The summed E-state index contributed by atoms with van der Waals surface area (Å²) in [5, 5.41) is 0. The number of rotatable bonds is 2. The molecule has 90 valence electrons. The van der Waals surface area contributed by atoms with Crippen molar-refractivity contribution < 1.29 is 4.79 Å². The second-order valence-corrected chi connectivity index (χ2v) is 4.93. The van der Waals surface area contributed by atoms with Gasteiger partial charge in [0, 0.05) is 44.8 Å². The van der Waals surface area contributed by atoms with Gasteiger partial charge in [-0.2, -0.15) is 0 Å². The minimum absolute atomic E-state index is 0.0680. The fourth-order valence-corrected chi connectivity index (χ4v) is 2.40. The second kappa shape index (κ2) is 4.55. The zero-order valence-corrected chi connectivity index (χ0v) is 10.2. The third kappa shape index (κ3) is 2.13. The van der Waals surface area contributed by atoms with Crippen LogP contribution in [0, 0.1) is 0 Å². The molecule has 2 fully saturated rings. The number of likely N-dealkylation sites (tertiary alicyclic amines) is 1. The Labute approximate surface area is 97.5 Å². The number of hydrogen-bond acceptors (Lipinski definition) is 3. The van der Waals surface area contributed by atoms with Gasteiger partial charge in [-0.15, -0.1) is 0 Å². The van der Waals surface area contributed by atoms with Crippen molar-refractivity contribution >= 4 is 5.91 Å². The van der Waals surface area contributed by atoms with Gasteiger partial charge in [0.15, 0.2) is 0 Å². The zero-order valence-electron chi connectivity index (χ0n) is 10.2. The van der Waals surface area contributed by atoms with E-state index in [1.54, 1.807) is 0 Å². The van der Waals surface area contributed by atoms with Gasteiger partial charge in [-0.05, 0) is 20.0 Å². The highest BCUT2D eigenvalue weighted by Gasteiger charge is 2.36. The minimum Gasteiger partial charge on any atom is -0.336 e. The van der Waals surface area contributed by atoms with Crippen LogP contribution in [0.15, 0.2) is 12.7 Å². The van der Waals surface area contributed by atoms with Crippen molar-refractivity contribution in [1.82, 2.24) is 14.7 Å². The highest BCUT2D eigenvalue weighted by atomic mass is 16.2. The third-order valence-corrected chi connectivity index (χ3v) is 3.86. The summed E-state index contributed by atoms with van der Waals surface area (Å²) in [7, 11) is 2.18. The molecule has 16 heavy (non-hydrogen) atoms. The van der Waals surface area contributed by atoms with Crippen LogP contribution >= 0.6 is 0 Å².